The lowest BCUT2D eigenvalue weighted by Gasteiger charge is -2.34. The molecule has 0 aliphatic heterocycles. The lowest BCUT2D eigenvalue weighted by Crippen LogP contribution is -2.49. The van der Waals surface area contributed by atoms with Crippen molar-refractivity contribution in [1.82, 2.24) is 5.32 Å². The summed E-state index contributed by atoms with van der Waals surface area (Å²) in [6.45, 7) is 3.76. The molecule has 0 saturated heterocycles. The van der Waals surface area contributed by atoms with Crippen molar-refractivity contribution in [3.05, 3.63) is 29.3 Å². The highest BCUT2D eigenvalue weighted by Gasteiger charge is 2.28. The summed E-state index contributed by atoms with van der Waals surface area (Å²) in [4.78, 5) is 23.5. The van der Waals surface area contributed by atoms with Crippen LogP contribution in [-0.2, 0) is 0 Å². The Balaban J connectivity index is 2.09. The Morgan fingerprint density at radius 2 is 1.86 bits per heavy atom. The van der Waals surface area contributed by atoms with E-state index in [9.17, 15) is 14.7 Å². The van der Waals surface area contributed by atoms with E-state index in [0.29, 0.717) is 11.3 Å². The average molecular weight is 290 g/mol. The standard InChI is InChI=1S/C16H22N2O3/c1-11-7-6-8-12(13(11)14(19)20)17-15(21)18-16(2)9-4-3-5-10-16/h6-8H,3-5,9-10H2,1-2H3,(H,19,20)(H2,17,18,21). The first-order valence-corrected chi connectivity index (χ1v) is 7.33. The van der Waals surface area contributed by atoms with E-state index >= 15 is 0 Å². The van der Waals surface area contributed by atoms with Crippen LogP contribution in [0.1, 0.15) is 54.9 Å². The number of carboxylic acids is 1. The van der Waals surface area contributed by atoms with Crippen molar-refractivity contribution in [2.45, 2.75) is 51.5 Å². The predicted molar refractivity (Wildman–Crippen MR) is 81.8 cm³/mol. The molecule has 2 amide bonds. The number of carbonyl (C=O) groups is 2. The van der Waals surface area contributed by atoms with Gasteiger partial charge in [0, 0.05) is 5.54 Å². The number of urea groups is 1. The maximum absolute atomic E-state index is 12.2. The smallest absolute Gasteiger partial charge is 0.338 e. The van der Waals surface area contributed by atoms with Crippen LogP contribution in [0.25, 0.3) is 0 Å². The van der Waals surface area contributed by atoms with Crippen LogP contribution in [0.2, 0.25) is 0 Å². The van der Waals surface area contributed by atoms with Crippen molar-refractivity contribution in [1.29, 1.82) is 0 Å². The van der Waals surface area contributed by atoms with Crippen molar-refractivity contribution in [3.8, 4) is 0 Å². The Morgan fingerprint density at radius 1 is 1.19 bits per heavy atom. The van der Waals surface area contributed by atoms with Crippen molar-refractivity contribution >= 4 is 17.7 Å². The van der Waals surface area contributed by atoms with Gasteiger partial charge < -0.3 is 15.7 Å². The summed E-state index contributed by atoms with van der Waals surface area (Å²) >= 11 is 0. The molecule has 1 aromatic rings. The number of carboxylic acid groups (broad SMARTS) is 1. The maximum Gasteiger partial charge on any atom is 0.338 e. The molecule has 0 spiro atoms. The van der Waals surface area contributed by atoms with Crippen molar-refractivity contribution in [3.63, 3.8) is 0 Å². The molecule has 0 atom stereocenters. The molecule has 0 aromatic heterocycles. The summed E-state index contributed by atoms with van der Waals surface area (Å²) in [5.74, 6) is -1.03. The van der Waals surface area contributed by atoms with Crippen LogP contribution in [0.5, 0.6) is 0 Å². The van der Waals surface area contributed by atoms with Gasteiger partial charge in [0.2, 0.25) is 0 Å². The van der Waals surface area contributed by atoms with E-state index in [1.54, 1.807) is 25.1 Å². The van der Waals surface area contributed by atoms with Gasteiger partial charge in [0.25, 0.3) is 0 Å². The molecule has 0 heterocycles. The molecular weight excluding hydrogens is 268 g/mol. The molecule has 5 heteroatoms. The molecule has 3 N–H and O–H groups in total. The van der Waals surface area contributed by atoms with Crippen LogP contribution >= 0.6 is 0 Å². The second-order valence-electron chi connectivity index (χ2n) is 6.00. The lowest BCUT2D eigenvalue weighted by atomic mass is 9.83. The Bertz CT molecular complexity index is 548. The number of anilines is 1. The fourth-order valence-corrected chi connectivity index (χ4v) is 2.94. The third kappa shape index (κ3) is 3.74. The number of amides is 2. The largest absolute Gasteiger partial charge is 0.478 e. The molecule has 1 fully saturated rings. The quantitative estimate of drug-likeness (QED) is 0.796. The number of nitrogens with one attached hydrogen (secondary N) is 2. The second kappa shape index (κ2) is 6.16. The number of hydrogen-bond donors (Lipinski definition) is 3. The fraction of sp³-hybridized carbons (Fsp3) is 0.500. The predicted octanol–water partition coefficient (Wildman–Crippen LogP) is 3.54. The number of carbonyl (C=O) groups excluding carboxylic acids is 1. The van der Waals surface area contributed by atoms with Gasteiger partial charge in [0.05, 0.1) is 11.3 Å². The van der Waals surface area contributed by atoms with Gasteiger partial charge in [-0.15, -0.1) is 0 Å². The van der Waals surface area contributed by atoms with E-state index in [1.165, 1.54) is 6.42 Å². The average Bonchev–Trinajstić information content (AvgIpc) is 2.38. The van der Waals surface area contributed by atoms with E-state index < -0.39 is 5.97 Å². The van der Waals surface area contributed by atoms with Crippen LogP contribution in [0.15, 0.2) is 18.2 Å². The number of benzene rings is 1. The van der Waals surface area contributed by atoms with Crippen LogP contribution in [-0.4, -0.2) is 22.6 Å². The minimum atomic E-state index is -1.03. The molecule has 5 nitrogen and oxygen atoms in total. The first kappa shape index (κ1) is 15.4. The highest BCUT2D eigenvalue weighted by atomic mass is 16.4. The Morgan fingerprint density at radius 3 is 2.48 bits per heavy atom. The van der Waals surface area contributed by atoms with Crippen LogP contribution in [0, 0.1) is 6.92 Å². The molecule has 0 radical (unpaired) electrons. The monoisotopic (exact) mass is 290 g/mol. The van der Waals surface area contributed by atoms with Crippen molar-refractivity contribution < 1.29 is 14.7 Å². The van der Waals surface area contributed by atoms with Gasteiger partial charge in [0.15, 0.2) is 0 Å². The number of rotatable bonds is 3. The zero-order valence-corrected chi connectivity index (χ0v) is 12.5. The Kier molecular flexibility index (Phi) is 4.50. The zero-order valence-electron chi connectivity index (χ0n) is 12.5. The first-order valence-electron chi connectivity index (χ1n) is 7.33. The van der Waals surface area contributed by atoms with Gasteiger partial charge in [-0.3, -0.25) is 0 Å². The fourth-order valence-electron chi connectivity index (χ4n) is 2.94. The number of aryl methyl sites for hydroxylation is 1. The maximum atomic E-state index is 12.2. The molecule has 21 heavy (non-hydrogen) atoms. The number of aromatic carboxylic acids is 1. The van der Waals surface area contributed by atoms with Crippen molar-refractivity contribution in [2.24, 2.45) is 0 Å². The Hall–Kier alpha value is -2.04. The molecule has 0 bridgehead atoms. The van der Waals surface area contributed by atoms with E-state index in [4.69, 9.17) is 0 Å². The molecule has 1 aromatic carbocycles. The van der Waals surface area contributed by atoms with Crippen LogP contribution in [0.4, 0.5) is 10.5 Å². The first-order chi connectivity index (χ1) is 9.91. The van der Waals surface area contributed by atoms with Crippen LogP contribution in [0.3, 0.4) is 0 Å². The minimum Gasteiger partial charge on any atom is -0.478 e. The normalized spacial score (nSPS) is 17.0. The topological polar surface area (TPSA) is 78.4 Å². The SMILES string of the molecule is Cc1cccc(NC(=O)NC2(C)CCCCC2)c1C(=O)O. The molecular formula is C16H22N2O3. The minimum absolute atomic E-state index is 0.140. The van der Waals surface area contributed by atoms with Gasteiger partial charge in [-0.25, -0.2) is 9.59 Å². The molecule has 114 valence electrons. The molecule has 1 saturated carbocycles. The third-order valence-corrected chi connectivity index (χ3v) is 4.11. The van der Waals surface area contributed by atoms with Crippen LogP contribution < -0.4 is 10.6 Å². The van der Waals surface area contributed by atoms with E-state index in [0.717, 1.165) is 25.7 Å². The summed E-state index contributed by atoms with van der Waals surface area (Å²) in [5.41, 5.74) is 0.903. The van der Waals surface area contributed by atoms with Gasteiger partial charge >= 0.3 is 12.0 Å². The molecule has 1 aliphatic carbocycles. The van der Waals surface area contributed by atoms with E-state index in [2.05, 4.69) is 10.6 Å². The van der Waals surface area contributed by atoms with Gasteiger partial charge in [-0.1, -0.05) is 31.4 Å². The van der Waals surface area contributed by atoms with Gasteiger partial charge in [-0.05, 0) is 38.3 Å². The van der Waals surface area contributed by atoms with E-state index in [-0.39, 0.29) is 17.1 Å². The third-order valence-electron chi connectivity index (χ3n) is 4.11. The Labute approximate surface area is 124 Å². The zero-order chi connectivity index (χ0) is 15.5. The summed E-state index contributed by atoms with van der Waals surface area (Å²) < 4.78 is 0. The second-order valence-corrected chi connectivity index (χ2v) is 6.00. The highest BCUT2D eigenvalue weighted by molar-refractivity contribution is 6.01. The summed E-state index contributed by atoms with van der Waals surface area (Å²) in [6.07, 6.45) is 5.35. The lowest BCUT2D eigenvalue weighted by molar-refractivity contribution is 0.0697. The summed E-state index contributed by atoms with van der Waals surface area (Å²) in [6, 6.07) is 4.72. The van der Waals surface area contributed by atoms with Crippen molar-refractivity contribution in [2.75, 3.05) is 5.32 Å². The molecule has 2 rings (SSSR count). The number of hydrogen-bond acceptors (Lipinski definition) is 2. The molecule has 1 aliphatic rings. The van der Waals surface area contributed by atoms with Gasteiger partial charge in [-0.2, -0.15) is 0 Å². The highest BCUT2D eigenvalue weighted by Crippen LogP contribution is 2.28. The van der Waals surface area contributed by atoms with E-state index in [1.807, 2.05) is 6.92 Å². The van der Waals surface area contributed by atoms with Gasteiger partial charge in [0.1, 0.15) is 0 Å². The summed E-state index contributed by atoms with van der Waals surface area (Å²) in [5, 5.41) is 14.9. The summed E-state index contributed by atoms with van der Waals surface area (Å²) in [7, 11) is 0. The molecule has 0 unspecified atom stereocenters.